The molecule has 0 spiro atoms. The van der Waals surface area contributed by atoms with Crippen molar-refractivity contribution in [2.24, 2.45) is 0 Å². The van der Waals surface area contributed by atoms with E-state index in [4.69, 9.17) is 9.47 Å². The minimum Gasteiger partial charge on any atom is -0.497 e. The number of halogens is 1. The zero-order valence-corrected chi connectivity index (χ0v) is 14.2. The Kier molecular flexibility index (Phi) is 5.20. The number of hydrogen-bond donors (Lipinski definition) is 1. The van der Waals surface area contributed by atoms with Crippen LogP contribution in [0.25, 0.3) is 0 Å². The number of methoxy groups -OCH3 is 1. The number of benzene rings is 2. The molecule has 1 N–H and O–H groups in total. The molecule has 0 aromatic heterocycles. The van der Waals surface area contributed by atoms with Gasteiger partial charge in [0, 0.05) is 25.2 Å². The number of rotatable bonds is 5. The van der Waals surface area contributed by atoms with Crippen molar-refractivity contribution in [2.75, 3.05) is 32.2 Å². The quantitative estimate of drug-likeness (QED) is 0.898. The molecule has 0 amide bonds. The van der Waals surface area contributed by atoms with Gasteiger partial charge in [0.1, 0.15) is 23.2 Å². The Labute approximate surface area is 147 Å². The van der Waals surface area contributed by atoms with Crippen molar-refractivity contribution in [2.45, 2.75) is 18.3 Å². The van der Waals surface area contributed by atoms with Gasteiger partial charge < -0.3 is 14.8 Å². The maximum atomic E-state index is 13.8. The number of anilines is 1. The van der Waals surface area contributed by atoms with Crippen molar-refractivity contribution < 1.29 is 13.9 Å². The Hall–Kier alpha value is -2.58. The maximum Gasteiger partial charge on any atom is 0.143 e. The number of hydrogen-bond acceptors (Lipinski definition) is 4. The summed E-state index contributed by atoms with van der Waals surface area (Å²) in [6.45, 7) is 1.98. The predicted molar refractivity (Wildman–Crippen MR) is 94.3 cm³/mol. The number of nitrogens with zero attached hydrogens (tertiary/aromatic N) is 1. The standard InChI is InChI=1S/C20H21FN2O2/c1-24-16-7-5-15(6-8-16)20(9-11-25-12-10-20)14-23-19-4-2-3-18(21)17(19)13-22/h2-8,23H,9-12,14H2,1H3. The molecule has 2 aromatic carbocycles. The summed E-state index contributed by atoms with van der Waals surface area (Å²) in [6.07, 6.45) is 1.73. The lowest BCUT2D eigenvalue weighted by Crippen LogP contribution is -2.40. The molecule has 1 fully saturated rings. The van der Waals surface area contributed by atoms with Crippen molar-refractivity contribution in [1.82, 2.24) is 0 Å². The second kappa shape index (κ2) is 7.54. The largest absolute Gasteiger partial charge is 0.497 e. The smallest absolute Gasteiger partial charge is 0.143 e. The van der Waals surface area contributed by atoms with Gasteiger partial charge in [0.05, 0.1) is 12.8 Å². The summed E-state index contributed by atoms with van der Waals surface area (Å²) in [5.41, 5.74) is 1.66. The molecule has 1 aliphatic heterocycles. The van der Waals surface area contributed by atoms with Crippen LogP contribution < -0.4 is 10.1 Å². The molecular formula is C20H21FN2O2. The summed E-state index contributed by atoms with van der Waals surface area (Å²) in [7, 11) is 1.65. The van der Waals surface area contributed by atoms with E-state index in [9.17, 15) is 9.65 Å². The first-order valence-electron chi connectivity index (χ1n) is 8.33. The number of nitrogens with one attached hydrogen (secondary N) is 1. The molecule has 0 bridgehead atoms. The van der Waals surface area contributed by atoms with E-state index >= 15 is 0 Å². The van der Waals surface area contributed by atoms with Crippen LogP contribution in [0.4, 0.5) is 10.1 Å². The monoisotopic (exact) mass is 340 g/mol. The van der Waals surface area contributed by atoms with Gasteiger partial charge in [-0.3, -0.25) is 0 Å². The molecule has 5 heteroatoms. The Morgan fingerprint density at radius 2 is 1.92 bits per heavy atom. The Morgan fingerprint density at radius 1 is 1.20 bits per heavy atom. The molecule has 1 heterocycles. The SMILES string of the molecule is COc1ccc(C2(CNc3cccc(F)c3C#N)CCOCC2)cc1. The molecule has 1 aliphatic rings. The molecule has 0 saturated carbocycles. The third-order valence-electron chi connectivity index (χ3n) is 4.89. The van der Waals surface area contributed by atoms with Crippen molar-refractivity contribution in [3.63, 3.8) is 0 Å². The summed E-state index contributed by atoms with van der Waals surface area (Å²) in [4.78, 5) is 0. The topological polar surface area (TPSA) is 54.3 Å². The minimum atomic E-state index is -0.502. The third kappa shape index (κ3) is 3.59. The zero-order valence-electron chi connectivity index (χ0n) is 14.2. The van der Waals surface area contributed by atoms with E-state index in [1.165, 1.54) is 11.6 Å². The normalized spacial score (nSPS) is 16.0. The van der Waals surface area contributed by atoms with E-state index in [0.717, 1.165) is 18.6 Å². The van der Waals surface area contributed by atoms with Gasteiger partial charge >= 0.3 is 0 Å². The predicted octanol–water partition coefficient (Wildman–Crippen LogP) is 3.87. The second-order valence-corrected chi connectivity index (χ2v) is 6.25. The highest BCUT2D eigenvalue weighted by Gasteiger charge is 2.34. The number of ether oxygens (including phenoxy) is 2. The molecule has 0 atom stereocenters. The fourth-order valence-electron chi connectivity index (χ4n) is 3.32. The summed E-state index contributed by atoms with van der Waals surface area (Å²) in [5.74, 6) is 0.314. The Morgan fingerprint density at radius 3 is 2.56 bits per heavy atom. The Bertz CT molecular complexity index is 762. The van der Waals surface area contributed by atoms with Crippen LogP contribution in [0.5, 0.6) is 5.75 Å². The average molecular weight is 340 g/mol. The van der Waals surface area contributed by atoms with E-state index in [0.29, 0.717) is 25.4 Å². The highest BCUT2D eigenvalue weighted by Crippen LogP contribution is 2.36. The van der Waals surface area contributed by atoms with Gasteiger partial charge in [0.15, 0.2) is 0 Å². The first-order chi connectivity index (χ1) is 12.2. The van der Waals surface area contributed by atoms with Crippen molar-refractivity contribution >= 4 is 5.69 Å². The molecule has 130 valence electrons. The fourth-order valence-corrected chi connectivity index (χ4v) is 3.32. The highest BCUT2D eigenvalue weighted by atomic mass is 19.1. The van der Waals surface area contributed by atoms with Gasteiger partial charge in [-0.1, -0.05) is 18.2 Å². The average Bonchev–Trinajstić information content (AvgIpc) is 2.67. The van der Waals surface area contributed by atoms with Crippen LogP contribution in [0.2, 0.25) is 0 Å². The zero-order chi connectivity index (χ0) is 17.7. The molecular weight excluding hydrogens is 319 g/mol. The molecule has 0 unspecified atom stereocenters. The molecule has 4 nitrogen and oxygen atoms in total. The van der Waals surface area contributed by atoms with E-state index in [2.05, 4.69) is 17.4 Å². The second-order valence-electron chi connectivity index (χ2n) is 6.25. The summed E-state index contributed by atoms with van der Waals surface area (Å²) in [6, 6.07) is 14.6. The summed E-state index contributed by atoms with van der Waals surface area (Å²) in [5, 5.41) is 12.5. The van der Waals surface area contributed by atoms with Crippen LogP contribution in [0.1, 0.15) is 24.0 Å². The molecule has 3 rings (SSSR count). The van der Waals surface area contributed by atoms with Crippen molar-refractivity contribution in [1.29, 1.82) is 5.26 Å². The van der Waals surface area contributed by atoms with Crippen LogP contribution in [0, 0.1) is 17.1 Å². The molecule has 2 aromatic rings. The molecule has 0 aliphatic carbocycles. The molecule has 0 radical (unpaired) electrons. The summed E-state index contributed by atoms with van der Waals surface area (Å²) >= 11 is 0. The first kappa shape index (κ1) is 17.2. The van der Waals surface area contributed by atoms with Crippen molar-refractivity contribution in [3.05, 3.63) is 59.4 Å². The molecule has 25 heavy (non-hydrogen) atoms. The van der Waals surface area contributed by atoms with Gasteiger partial charge in [-0.25, -0.2) is 4.39 Å². The van der Waals surface area contributed by atoms with Crippen molar-refractivity contribution in [3.8, 4) is 11.8 Å². The van der Waals surface area contributed by atoms with E-state index in [-0.39, 0.29) is 11.0 Å². The minimum absolute atomic E-state index is 0.0550. The molecule has 1 saturated heterocycles. The first-order valence-corrected chi connectivity index (χ1v) is 8.33. The lowest BCUT2D eigenvalue weighted by molar-refractivity contribution is 0.0544. The van der Waals surface area contributed by atoms with E-state index < -0.39 is 5.82 Å². The lowest BCUT2D eigenvalue weighted by Gasteiger charge is -2.38. The number of nitriles is 1. The highest BCUT2D eigenvalue weighted by molar-refractivity contribution is 5.58. The summed E-state index contributed by atoms with van der Waals surface area (Å²) < 4.78 is 24.6. The van der Waals surface area contributed by atoms with Gasteiger partial charge in [-0.15, -0.1) is 0 Å². The van der Waals surface area contributed by atoms with Crippen LogP contribution in [-0.2, 0) is 10.2 Å². The van der Waals surface area contributed by atoms with Gasteiger partial charge in [0.2, 0.25) is 0 Å². The van der Waals surface area contributed by atoms with Gasteiger partial charge in [-0.05, 0) is 42.7 Å². The third-order valence-corrected chi connectivity index (χ3v) is 4.89. The fraction of sp³-hybridized carbons (Fsp3) is 0.350. The van der Waals surface area contributed by atoms with E-state index in [1.807, 2.05) is 18.2 Å². The Balaban J connectivity index is 1.86. The van der Waals surface area contributed by atoms with Crippen LogP contribution in [0.3, 0.4) is 0 Å². The lowest BCUT2D eigenvalue weighted by atomic mass is 9.74. The van der Waals surface area contributed by atoms with Crippen LogP contribution in [0.15, 0.2) is 42.5 Å². The van der Waals surface area contributed by atoms with Crippen LogP contribution in [-0.4, -0.2) is 26.9 Å². The van der Waals surface area contributed by atoms with Gasteiger partial charge in [-0.2, -0.15) is 5.26 Å². The van der Waals surface area contributed by atoms with E-state index in [1.54, 1.807) is 19.2 Å². The van der Waals surface area contributed by atoms with Gasteiger partial charge in [0.25, 0.3) is 0 Å². The van der Waals surface area contributed by atoms with Crippen LogP contribution >= 0.6 is 0 Å². The maximum absolute atomic E-state index is 13.8.